The van der Waals surface area contributed by atoms with Crippen LogP contribution in [0, 0.1) is 23.4 Å². The van der Waals surface area contributed by atoms with Crippen LogP contribution in [0.15, 0.2) is 24.3 Å². The first kappa shape index (κ1) is 25.2. The molecule has 1 aromatic carbocycles. The quantitative estimate of drug-likeness (QED) is 0.214. The highest BCUT2D eigenvalue weighted by Crippen LogP contribution is 2.40. The van der Waals surface area contributed by atoms with E-state index in [0.717, 1.165) is 6.07 Å². The van der Waals surface area contributed by atoms with Crippen LogP contribution < -0.4 is 11.5 Å². The van der Waals surface area contributed by atoms with Gasteiger partial charge in [-0.3, -0.25) is 9.59 Å². The molecular formula is C22H24F3N3O6. The van der Waals surface area contributed by atoms with E-state index in [9.17, 15) is 32.3 Å². The van der Waals surface area contributed by atoms with Crippen LogP contribution >= 0.6 is 0 Å². The molecule has 9 nitrogen and oxygen atoms in total. The number of nitrogens with two attached hydrogens (primary N) is 2. The number of piperidine rings is 1. The third kappa shape index (κ3) is 5.56. The number of esters is 1. The van der Waals surface area contributed by atoms with E-state index in [1.807, 2.05) is 0 Å². The van der Waals surface area contributed by atoms with Crippen LogP contribution in [0.3, 0.4) is 0 Å². The Morgan fingerprint density at radius 2 is 1.65 bits per heavy atom. The van der Waals surface area contributed by atoms with Gasteiger partial charge in [-0.25, -0.2) is 22.8 Å². The van der Waals surface area contributed by atoms with Crippen LogP contribution in [0.2, 0.25) is 0 Å². The summed E-state index contributed by atoms with van der Waals surface area (Å²) in [6, 6.07) is -0.0214. The van der Waals surface area contributed by atoms with E-state index in [1.54, 1.807) is 0 Å². The van der Waals surface area contributed by atoms with Crippen molar-refractivity contribution in [1.82, 2.24) is 4.90 Å². The SMILES string of the molecule is NC(=O)C(OC(=O)/C=C\C(=O)O)C(=O)N1C2CC[C@H]1CC([C@H](N)Cc1cc(F)c(F)cc1F)C2. The van der Waals surface area contributed by atoms with Crippen molar-refractivity contribution in [2.45, 2.75) is 56.3 Å². The molecule has 1 aromatic rings. The van der Waals surface area contributed by atoms with Gasteiger partial charge in [-0.1, -0.05) is 0 Å². The highest BCUT2D eigenvalue weighted by atomic mass is 19.2. The van der Waals surface area contributed by atoms with Crippen molar-refractivity contribution in [2.75, 3.05) is 0 Å². The molecule has 184 valence electrons. The fourth-order valence-electron chi connectivity index (χ4n) is 4.73. The number of carbonyl (C=O) groups is 4. The summed E-state index contributed by atoms with van der Waals surface area (Å²) < 4.78 is 45.5. The average molecular weight is 483 g/mol. The molecule has 34 heavy (non-hydrogen) atoms. The van der Waals surface area contributed by atoms with E-state index in [4.69, 9.17) is 21.3 Å². The molecular weight excluding hydrogens is 459 g/mol. The lowest BCUT2D eigenvalue weighted by atomic mass is 9.82. The molecule has 0 saturated carbocycles. The second-order valence-electron chi connectivity index (χ2n) is 8.48. The summed E-state index contributed by atoms with van der Waals surface area (Å²) in [5, 5.41) is 8.57. The maximum Gasteiger partial charge on any atom is 0.332 e. The van der Waals surface area contributed by atoms with Gasteiger partial charge < -0.3 is 26.2 Å². The van der Waals surface area contributed by atoms with Crippen LogP contribution in [-0.4, -0.2) is 58.0 Å². The average Bonchev–Trinajstić information content (AvgIpc) is 3.02. The van der Waals surface area contributed by atoms with Crippen LogP contribution in [0.4, 0.5) is 13.2 Å². The number of hydrogen-bond acceptors (Lipinski definition) is 6. The van der Waals surface area contributed by atoms with E-state index in [0.29, 0.717) is 43.9 Å². The van der Waals surface area contributed by atoms with Crippen molar-refractivity contribution in [3.05, 3.63) is 47.3 Å². The Bertz CT molecular complexity index is 1020. The van der Waals surface area contributed by atoms with Crippen molar-refractivity contribution in [3.8, 4) is 0 Å². The number of fused-ring (bicyclic) bond motifs is 2. The van der Waals surface area contributed by atoms with Crippen LogP contribution in [-0.2, 0) is 30.3 Å². The number of carboxylic acid groups (broad SMARTS) is 1. The number of carboxylic acids is 1. The number of benzene rings is 1. The predicted molar refractivity (Wildman–Crippen MR) is 110 cm³/mol. The lowest BCUT2D eigenvalue weighted by Gasteiger charge is -2.41. The van der Waals surface area contributed by atoms with Crippen LogP contribution in [0.25, 0.3) is 0 Å². The molecule has 2 fully saturated rings. The number of primary amides is 1. The zero-order valence-electron chi connectivity index (χ0n) is 18.0. The van der Waals surface area contributed by atoms with E-state index in [2.05, 4.69) is 0 Å². The lowest BCUT2D eigenvalue weighted by Crippen LogP contribution is -2.56. The number of carbonyl (C=O) groups excluding carboxylic acids is 3. The largest absolute Gasteiger partial charge is 0.478 e. The van der Waals surface area contributed by atoms with Gasteiger partial charge in [0.05, 0.1) is 0 Å². The predicted octanol–water partition coefficient (Wildman–Crippen LogP) is 0.781. The summed E-state index contributed by atoms with van der Waals surface area (Å²) >= 11 is 0. The van der Waals surface area contributed by atoms with Gasteiger partial charge in [-0.15, -0.1) is 0 Å². The summed E-state index contributed by atoms with van der Waals surface area (Å²) in [6.45, 7) is 0. The van der Waals surface area contributed by atoms with Crippen molar-refractivity contribution in [1.29, 1.82) is 0 Å². The van der Waals surface area contributed by atoms with Crippen molar-refractivity contribution in [2.24, 2.45) is 17.4 Å². The van der Waals surface area contributed by atoms with Gasteiger partial charge in [0.1, 0.15) is 5.82 Å². The van der Waals surface area contributed by atoms with Gasteiger partial charge in [0, 0.05) is 36.3 Å². The minimum absolute atomic E-state index is 0.0292. The fourth-order valence-corrected chi connectivity index (χ4v) is 4.73. The molecule has 5 N–H and O–H groups in total. The standard InChI is InChI=1S/C22H24F3N3O6/c23-14-9-16(25)15(24)7-10(14)8-17(26)11-5-12-1-2-13(6-11)28(12)22(33)20(21(27)32)34-19(31)4-3-18(29)30/h3-4,7,9,11-13,17,20H,1-2,5-6,8,26H2,(H2,27,32)(H,29,30)/b4-3-/t11?,12-,13?,17+,20?/m0/s1. The molecule has 2 aliphatic rings. The summed E-state index contributed by atoms with van der Waals surface area (Å²) in [6.07, 6.45) is 1.11. The highest BCUT2D eigenvalue weighted by Gasteiger charge is 2.47. The van der Waals surface area contributed by atoms with Gasteiger partial charge in [0.2, 0.25) is 0 Å². The van der Waals surface area contributed by atoms with Crippen molar-refractivity contribution < 1.29 is 42.2 Å². The van der Waals surface area contributed by atoms with Crippen LogP contribution in [0.5, 0.6) is 0 Å². The van der Waals surface area contributed by atoms with Gasteiger partial charge in [0.25, 0.3) is 17.9 Å². The fraction of sp³-hybridized carbons (Fsp3) is 0.455. The zero-order chi connectivity index (χ0) is 25.2. The van der Waals surface area contributed by atoms with Crippen molar-refractivity contribution >= 4 is 23.8 Å². The molecule has 0 aliphatic carbocycles. The molecule has 2 aliphatic heterocycles. The zero-order valence-corrected chi connectivity index (χ0v) is 18.0. The second-order valence-corrected chi connectivity index (χ2v) is 8.48. The lowest BCUT2D eigenvalue weighted by molar-refractivity contribution is -0.164. The number of hydrogen-bond donors (Lipinski definition) is 3. The molecule has 5 atom stereocenters. The summed E-state index contributed by atoms with van der Waals surface area (Å²) in [5.41, 5.74) is 11.5. The number of nitrogens with zero attached hydrogens (tertiary/aromatic N) is 1. The second kappa shape index (κ2) is 10.2. The maximum absolute atomic E-state index is 14.0. The Kier molecular flexibility index (Phi) is 7.60. The summed E-state index contributed by atoms with van der Waals surface area (Å²) in [5.74, 6) is -8.16. The Morgan fingerprint density at radius 1 is 1.06 bits per heavy atom. The first-order chi connectivity index (χ1) is 16.0. The summed E-state index contributed by atoms with van der Waals surface area (Å²) in [7, 11) is 0. The van der Waals surface area contributed by atoms with E-state index < -0.39 is 53.4 Å². The van der Waals surface area contributed by atoms with Crippen LogP contribution in [0.1, 0.15) is 31.2 Å². The number of rotatable bonds is 8. The Morgan fingerprint density at radius 3 is 2.21 bits per heavy atom. The monoisotopic (exact) mass is 483 g/mol. The number of aliphatic carboxylic acids is 1. The molecule has 2 heterocycles. The first-order valence-electron chi connectivity index (χ1n) is 10.6. The van der Waals surface area contributed by atoms with Crippen molar-refractivity contribution in [3.63, 3.8) is 0 Å². The first-order valence-corrected chi connectivity index (χ1v) is 10.6. The molecule has 12 heteroatoms. The van der Waals surface area contributed by atoms with E-state index in [1.165, 1.54) is 4.90 Å². The number of halogens is 3. The van der Waals surface area contributed by atoms with E-state index >= 15 is 0 Å². The molecule has 2 saturated heterocycles. The molecule has 3 rings (SSSR count). The highest BCUT2D eigenvalue weighted by molar-refractivity contribution is 6.05. The molecule has 0 radical (unpaired) electrons. The van der Waals surface area contributed by atoms with Gasteiger partial charge in [0.15, 0.2) is 11.6 Å². The summed E-state index contributed by atoms with van der Waals surface area (Å²) in [4.78, 5) is 48.5. The minimum Gasteiger partial charge on any atom is -0.478 e. The Hall–Kier alpha value is -3.41. The van der Waals surface area contributed by atoms with Gasteiger partial charge in [-0.2, -0.15) is 0 Å². The topological polar surface area (TPSA) is 153 Å². The van der Waals surface area contributed by atoms with E-state index in [-0.39, 0.29) is 30.0 Å². The molecule has 2 amide bonds. The Balaban J connectivity index is 1.68. The normalized spacial score (nSPS) is 23.5. The van der Waals surface area contributed by atoms with Gasteiger partial charge in [-0.05, 0) is 49.7 Å². The molecule has 3 unspecified atom stereocenters. The number of ether oxygens (including phenoxy) is 1. The van der Waals surface area contributed by atoms with Gasteiger partial charge >= 0.3 is 11.9 Å². The third-order valence-corrected chi connectivity index (χ3v) is 6.25. The minimum atomic E-state index is -1.92. The molecule has 0 aromatic heterocycles. The third-order valence-electron chi connectivity index (χ3n) is 6.25. The number of amides is 2. The molecule has 0 spiro atoms. The Labute approximate surface area is 192 Å². The molecule has 2 bridgehead atoms. The smallest absolute Gasteiger partial charge is 0.332 e. The maximum atomic E-state index is 14.0.